The fourth-order valence-electron chi connectivity index (χ4n) is 1.86. The second kappa shape index (κ2) is 8.58. The van der Waals surface area contributed by atoms with Crippen LogP contribution in [0.1, 0.15) is 22.3 Å². The minimum absolute atomic E-state index is 0.158. The van der Waals surface area contributed by atoms with Gasteiger partial charge in [0.25, 0.3) is 0 Å². The molecule has 0 bridgehead atoms. The van der Waals surface area contributed by atoms with Crippen LogP contribution in [0, 0.1) is 0 Å². The summed E-state index contributed by atoms with van der Waals surface area (Å²) in [6, 6.07) is 16.0. The Morgan fingerprint density at radius 3 is 2.30 bits per heavy atom. The number of hydrogen-bond donors (Lipinski definition) is 0. The van der Waals surface area contributed by atoms with Gasteiger partial charge in [-0.15, -0.1) is 0 Å². The van der Waals surface area contributed by atoms with Gasteiger partial charge in [-0.05, 0) is 29.8 Å². The number of carbonyl (C=O) groups is 2. The Kier molecular flexibility index (Phi) is 6.17. The summed E-state index contributed by atoms with van der Waals surface area (Å²) in [5.74, 6) is -0.0109. The first kappa shape index (κ1) is 16.5. The molecule has 120 valence electrons. The zero-order chi connectivity index (χ0) is 16.5. The highest BCUT2D eigenvalue weighted by Crippen LogP contribution is 2.10. The van der Waals surface area contributed by atoms with Crippen molar-refractivity contribution in [2.75, 3.05) is 13.7 Å². The largest absolute Gasteiger partial charge is 0.493 e. The van der Waals surface area contributed by atoms with Crippen LogP contribution >= 0.6 is 0 Å². The standard InChI is InChI=1S/C18H18O5/c1-21-18(20)15-9-7-14(8-10-15)13-23-17(19)11-12-22-16-5-3-2-4-6-16/h2-10H,11-13H2,1H3. The number of rotatable bonds is 7. The maximum Gasteiger partial charge on any atom is 0.337 e. The second-order valence-corrected chi connectivity index (χ2v) is 4.76. The van der Waals surface area contributed by atoms with Gasteiger partial charge in [-0.25, -0.2) is 4.79 Å². The molecule has 2 rings (SSSR count). The van der Waals surface area contributed by atoms with Gasteiger partial charge in [0, 0.05) is 0 Å². The molecule has 2 aromatic carbocycles. The molecule has 2 aromatic rings. The monoisotopic (exact) mass is 314 g/mol. The lowest BCUT2D eigenvalue weighted by molar-refractivity contribution is -0.145. The quantitative estimate of drug-likeness (QED) is 0.735. The molecular weight excluding hydrogens is 296 g/mol. The van der Waals surface area contributed by atoms with E-state index in [1.54, 1.807) is 24.3 Å². The first-order valence-corrected chi connectivity index (χ1v) is 7.20. The third kappa shape index (κ3) is 5.47. The van der Waals surface area contributed by atoms with Crippen LogP contribution in [0.5, 0.6) is 5.75 Å². The van der Waals surface area contributed by atoms with E-state index in [1.165, 1.54) is 7.11 Å². The van der Waals surface area contributed by atoms with E-state index in [4.69, 9.17) is 9.47 Å². The smallest absolute Gasteiger partial charge is 0.337 e. The zero-order valence-electron chi connectivity index (χ0n) is 12.9. The van der Waals surface area contributed by atoms with Crippen LogP contribution in [0.15, 0.2) is 54.6 Å². The molecule has 0 radical (unpaired) electrons. The van der Waals surface area contributed by atoms with E-state index in [0.29, 0.717) is 5.56 Å². The SMILES string of the molecule is COC(=O)c1ccc(COC(=O)CCOc2ccccc2)cc1. The molecule has 0 saturated carbocycles. The molecule has 0 saturated heterocycles. The molecule has 0 atom stereocenters. The number of ether oxygens (including phenoxy) is 3. The van der Waals surface area contributed by atoms with E-state index >= 15 is 0 Å². The van der Waals surface area contributed by atoms with Crippen molar-refractivity contribution in [3.63, 3.8) is 0 Å². The van der Waals surface area contributed by atoms with Crippen LogP contribution < -0.4 is 4.74 Å². The Labute approximate surface area is 134 Å². The Morgan fingerprint density at radius 2 is 1.65 bits per heavy atom. The molecule has 0 amide bonds. The van der Waals surface area contributed by atoms with Crippen LogP contribution in [0.2, 0.25) is 0 Å². The topological polar surface area (TPSA) is 61.8 Å². The molecule has 5 nitrogen and oxygen atoms in total. The molecular formula is C18H18O5. The lowest BCUT2D eigenvalue weighted by Gasteiger charge is -2.07. The lowest BCUT2D eigenvalue weighted by atomic mass is 10.1. The highest BCUT2D eigenvalue weighted by Gasteiger charge is 2.07. The summed E-state index contributed by atoms with van der Waals surface area (Å²) in [5.41, 5.74) is 1.26. The molecule has 0 fully saturated rings. The second-order valence-electron chi connectivity index (χ2n) is 4.76. The average Bonchev–Trinajstić information content (AvgIpc) is 2.60. The van der Waals surface area contributed by atoms with Crippen molar-refractivity contribution < 1.29 is 23.8 Å². The molecule has 0 aliphatic rings. The normalized spacial score (nSPS) is 9.96. The maximum absolute atomic E-state index is 11.7. The van der Waals surface area contributed by atoms with Crippen LogP contribution in [0.3, 0.4) is 0 Å². The molecule has 0 unspecified atom stereocenters. The zero-order valence-corrected chi connectivity index (χ0v) is 12.9. The summed E-state index contributed by atoms with van der Waals surface area (Å²) < 4.78 is 15.2. The first-order chi connectivity index (χ1) is 11.2. The summed E-state index contributed by atoms with van der Waals surface area (Å²) in [6.07, 6.45) is 0.176. The highest BCUT2D eigenvalue weighted by atomic mass is 16.5. The predicted molar refractivity (Wildman–Crippen MR) is 84.1 cm³/mol. The minimum atomic E-state index is -0.397. The summed E-state index contributed by atoms with van der Waals surface area (Å²) >= 11 is 0. The van der Waals surface area contributed by atoms with Gasteiger partial charge in [-0.1, -0.05) is 30.3 Å². The third-order valence-electron chi connectivity index (χ3n) is 3.09. The fourth-order valence-corrected chi connectivity index (χ4v) is 1.86. The van der Waals surface area contributed by atoms with Crippen molar-refractivity contribution in [3.8, 4) is 5.75 Å². The van der Waals surface area contributed by atoms with Crippen molar-refractivity contribution in [1.29, 1.82) is 0 Å². The number of carbonyl (C=O) groups excluding carboxylic acids is 2. The summed E-state index contributed by atoms with van der Waals surface area (Å²) in [7, 11) is 1.33. The van der Waals surface area contributed by atoms with Gasteiger partial charge in [-0.2, -0.15) is 0 Å². The van der Waals surface area contributed by atoms with Crippen molar-refractivity contribution in [2.24, 2.45) is 0 Å². The van der Waals surface area contributed by atoms with E-state index in [0.717, 1.165) is 11.3 Å². The van der Waals surface area contributed by atoms with Gasteiger partial charge < -0.3 is 14.2 Å². The summed E-state index contributed by atoms with van der Waals surface area (Å²) in [6.45, 7) is 0.426. The molecule has 0 N–H and O–H groups in total. The number of para-hydroxylation sites is 1. The number of esters is 2. The van der Waals surface area contributed by atoms with Crippen LogP contribution in [-0.2, 0) is 20.9 Å². The van der Waals surface area contributed by atoms with Gasteiger partial charge in [0.15, 0.2) is 0 Å². The van der Waals surface area contributed by atoms with E-state index in [-0.39, 0.29) is 25.6 Å². The average molecular weight is 314 g/mol. The van der Waals surface area contributed by atoms with Crippen LogP contribution in [-0.4, -0.2) is 25.7 Å². The van der Waals surface area contributed by atoms with Gasteiger partial charge >= 0.3 is 11.9 Å². The Balaban J connectivity index is 1.70. The third-order valence-corrected chi connectivity index (χ3v) is 3.09. The Hall–Kier alpha value is -2.82. The van der Waals surface area contributed by atoms with E-state index < -0.39 is 5.97 Å². The van der Waals surface area contributed by atoms with E-state index in [9.17, 15) is 9.59 Å². The van der Waals surface area contributed by atoms with Gasteiger partial charge in [-0.3, -0.25) is 4.79 Å². The Morgan fingerprint density at radius 1 is 0.957 bits per heavy atom. The fraction of sp³-hybridized carbons (Fsp3) is 0.222. The highest BCUT2D eigenvalue weighted by molar-refractivity contribution is 5.89. The number of methoxy groups -OCH3 is 1. The van der Waals surface area contributed by atoms with Gasteiger partial charge in [0.1, 0.15) is 12.4 Å². The van der Waals surface area contributed by atoms with Crippen LogP contribution in [0.25, 0.3) is 0 Å². The maximum atomic E-state index is 11.7. The number of benzene rings is 2. The number of hydrogen-bond acceptors (Lipinski definition) is 5. The van der Waals surface area contributed by atoms with Crippen molar-refractivity contribution in [3.05, 3.63) is 65.7 Å². The summed E-state index contributed by atoms with van der Waals surface area (Å²) in [5, 5.41) is 0. The van der Waals surface area contributed by atoms with Gasteiger partial charge in [0.2, 0.25) is 0 Å². The van der Waals surface area contributed by atoms with Crippen molar-refractivity contribution in [1.82, 2.24) is 0 Å². The van der Waals surface area contributed by atoms with Crippen molar-refractivity contribution in [2.45, 2.75) is 13.0 Å². The Bertz CT molecular complexity index is 634. The molecule has 0 aromatic heterocycles. The van der Waals surface area contributed by atoms with E-state index in [2.05, 4.69) is 4.74 Å². The molecule has 5 heteroatoms. The van der Waals surface area contributed by atoms with Crippen LogP contribution in [0.4, 0.5) is 0 Å². The lowest BCUT2D eigenvalue weighted by Crippen LogP contribution is -2.10. The first-order valence-electron chi connectivity index (χ1n) is 7.20. The van der Waals surface area contributed by atoms with E-state index in [1.807, 2.05) is 30.3 Å². The molecule has 0 spiro atoms. The predicted octanol–water partition coefficient (Wildman–Crippen LogP) is 2.99. The molecule has 0 heterocycles. The summed E-state index contributed by atoms with van der Waals surface area (Å²) in [4.78, 5) is 23.0. The van der Waals surface area contributed by atoms with Gasteiger partial charge in [0.05, 0.1) is 25.7 Å². The minimum Gasteiger partial charge on any atom is -0.493 e. The molecule has 23 heavy (non-hydrogen) atoms. The molecule has 0 aliphatic carbocycles. The molecule has 0 aliphatic heterocycles. The van der Waals surface area contributed by atoms with Crippen molar-refractivity contribution >= 4 is 11.9 Å².